The Balaban J connectivity index is 2.18. The summed E-state index contributed by atoms with van der Waals surface area (Å²) in [6.45, 7) is 2.76. The van der Waals surface area contributed by atoms with Crippen molar-refractivity contribution in [2.45, 2.75) is 25.3 Å². The van der Waals surface area contributed by atoms with E-state index in [-0.39, 0.29) is 16.8 Å². The molecule has 128 valence electrons. The first-order valence-electron chi connectivity index (χ1n) is 8.16. The van der Waals surface area contributed by atoms with Gasteiger partial charge >= 0.3 is 0 Å². The van der Waals surface area contributed by atoms with Gasteiger partial charge in [0.15, 0.2) is 5.78 Å². The highest BCUT2D eigenvalue weighted by atomic mass is 16.5. The molecule has 0 radical (unpaired) electrons. The van der Waals surface area contributed by atoms with Crippen LogP contribution in [-0.4, -0.2) is 49.3 Å². The zero-order valence-corrected chi connectivity index (χ0v) is 14.5. The summed E-state index contributed by atoms with van der Waals surface area (Å²) >= 11 is 0. The van der Waals surface area contributed by atoms with Gasteiger partial charge < -0.3 is 14.6 Å². The van der Waals surface area contributed by atoms with Crippen LogP contribution in [0.5, 0.6) is 0 Å². The van der Waals surface area contributed by atoms with Crippen LogP contribution in [0.3, 0.4) is 0 Å². The standard InChI is InChI=1S/C17H19BN4O3/c1-10(23)13-7-11-14(9-20-13)21-16(24)12(8-19)15(11)22-5-3-17(18,25-2)4-6-22/h7,9H,3-6,18H2,1-2H3,(H,21,24). The van der Waals surface area contributed by atoms with Crippen molar-refractivity contribution in [3.8, 4) is 6.07 Å². The van der Waals surface area contributed by atoms with Crippen LogP contribution in [0.15, 0.2) is 17.1 Å². The van der Waals surface area contributed by atoms with Gasteiger partial charge in [-0.1, -0.05) is 0 Å². The van der Waals surface area contributed by atoms with Gasteiger partial charge in [0, 0.05) is 38.0 Å². The maximum absolute atomic E-state index is 12.3. The lowest BCUT2D eigenvalue weighted by Crippen LogP contribution is -2.46. The number of aromatic nitrogens is 2. The molecule has 0 amide bonds. The Labute approximate surface area is 146 Å². The van der Waals surface area contributed by atoms with Crippen LogP contribution >= 0.6 is 0 Å². The van der Waals surface area contributed by atoms with Gasteiger partial charge in [-0.25, -0.2) is 0 Å². The summed E-state index contributed by atoms with van der Waals surface area (Å²) in [5, 5.41) is 10.2. The van der Waals surface area contributed by atoms with E-state index in [0.717, 1.165) is 12.8 Å². The number of anilines is 1. The number of piperidine rings is 1. The molecule has 0 bridgehead atoms. The van der Waals surface area contributed by atoms with E-state index in [1.807, 2.05) is 11.0 Å². The van der Waals surface area contributed by atoms with E-state index < -0.39 is 5.56 Å². The van der Waals surface area contributed by atoms with E-state index in [1.165, 1.54) is 13.1 Å². The number of carbonyl (C=O) groups excluding carboxylic acids is 1. The second-order valence-corrected chi connectivity index (χ2v) is 6.60. The predicted molar refractivity (Wildman–Crippen MR) is 96.8 cm³/mol. The van der Waals surface area contributed by atoms with Crippen LogP contribution < -0.4 is 10.5 Å². The van der Waals surface area contributed by atoms with Crippen LogP contribution in [0.25, 0.3) is 10.9 Å². The third-order valence-corrected chi connectivity index (χ3v) is 4.97. The van der Waals surface area contributed by atoms with Gasteiger partial charge in [-0.15, -0.1) is 0 Å². The van der Waals surface area contributed by atoms with Gasteiger partial charge in [0.05, 0.1) is 17.4 Å². The molecule has 3 rings (SSSR count). The molecule has 0 saturated carbocycles. The van der Waals surface area contributed by atoms with Crippen LogP contribution in [-0.2, 0) is 4.74 Å². The van der Waals surface area contributed by atoms with Crippen LogP contribution in [0.2, 0.25) is 0 Å². The number of H-pyrrole nitrogens is 1. The summed E-state index contributed by atoms with van der Waals surface area (Å²) in [7, 11) is 3.76. The fourth-order valence-electron chi connectivity index (χ4n) is 3.21. The number of Topliss-reactive ketones (excluding diaryl/α,β-unsaturated/α-hetero) is 1. The first-order chi connectivity index (χ1) is 11.9. The average Bonchev–Trinajstić information content (AvgIpc) is 2.61. The molecule has 25 heavy (non-hydrogen) atoms. The topological polar surface area (TPSA) is 99.1 Å². The van der Waals surface area contributed by atoms with Gasteiger partial charge in [0.2, 0.25) is 0 Å². The second-order valence-electron chi connectivity index (χ2n) is 6.60. The van der Waals surface area contributed by atoms with E-state index >= 15 is 0 Å². The van der Waals surface area contributed by atoms with Crippen molar-refractivity contribution in [2.24, 2.45) is 0 Å². The van der Waals surface area contributed by atoms with Crippen molar-refractivity contribution >= 4 is 30.2 Å². The number of pyridine rings is 2. The Morgan fingerprint density at radius 3 is 2.72 bits per heavy atom. The molecular formula is C17H19BN4O3. The van der Waals surface area contributed by atoms with Crippen molar-refractivity contribution in [3.05, 3.63) is 33.9 Å². The highest BCUT2D eigenvalue weighted by Gasteiger charge is 2.31. The van der Waals surface area contributed by atoms with Crippen LogP contribution in [0.4, 0.5) is 5.69 Å². The number of nitrogens with one attached hydrogen (secondary N) is 1. The maximum Gasteiger partial charge on any atom is 0.268 e. The Morgan fingerprint density at radius 1 is 1.48 bits per heavy atom. The molecule has 2 aromatic rings. The summed E-state index contributed by atoms with van der Waals surface area (Å²) in [5.74, 6) is -0.164. The molecule has 1 fully saturated rings. The Hall–Kier alpha value is -2.66. The third kappa shape index (κ3) is 3.03. The van der Waals surface area contributed by atoms with E-state index in [4.69, 9.17) is 4.74 Å². The minimum atomic E-state index is -0.442. The average molecular weight is 338 g/mol. The monoisotopic (exact) mass is 338 g/mol. The molecule has 0 atom stereocenters. The predicted octanol–water partition coefficient (Wildman–Crippen LogP) is 0.573. The van der Waals surface area contributed by atoms with Gasteiger partial charge in [0.25, 0.3) is 5.56 Å². The molecule has 1 saturated heterocycles. The van der Waals surface area contributed by atoms with Gasteiger partial charge in [-0.3, -0.25) is 14.6 Å². The highest BCUT2D eigenvalue weighted by Crippen LogP contribution is 2.32. The first-order valence-corrected chi connectivity index (χ1v) is 8.16. The third-order valence-electron chi connectivity index (χ3n) is 4.97. The molecule has 0 aliphatic carbocycles. The molecule has 2 aromatic heterocycles. The number of carbonyl (C=O) groups is 1. The van der Waals surface area contributed by atoms with E-state index in [2.05, 4.69) is 17.8 Å². The fourth-order valence-corrected chi connectivity index (χ4v) is 3.21. The summed E-state index contributed by atoms with van der Waals surface area (Å²) in [6, 6.07) is 3.66. The lowest BCUT2D eigenvalue weighted by atomic mass is 9.73. The Morgan fingerprint density at radius 2 is 2.16 bits per heavy atom. The number of hydrogen-bond donors (Lipinski definition) is 1. The van der Waals surface area contributed by atoms with E-state index in [9.17, 15) is 14.9 Å². The van der Waals surface area contributed by atoms with Crippen molar-refractivity contribution < 1.29 is 9.53 Å². The van der Waals surface area contributed by atoms with E-state index in [0.29, 0.717) is 35.4 Å². The SMILES string of the molecule is BC1(OC)CCN(c2c(C#N)c(=O)[nH]c3cnc(C(C)=O)cc23)CC1. The van der Waals surface area contributed by atoms with Gasteiger partial charge in [-0.2, -0.15) is 5.26 Å². The number of nitrogens with zero attached hydrogens (tertiary/aromatic N) is 3. The van der Waals surface area contributed by atoms with Crippen molar-refractivity contribution in [3.63, 3.8) is 0 Å². The molecule has 1 N–H and O–H groups in total. The first kappa shape index (κ1) is 17.2. The largest absolute Gasteiger partial charge is 0.387 e. The molecule has 1 aliphatic heterocycles. The van der Waals surface area contributed by atoms with Crippen LogP contribution in [0.1, 0.15) is 35.8 Å². The van der Waals surface area contributed by atoms with Crippen molar-refractivity contribution in [1.82, 2.24) is 9.97 Å². The van der Waals surface area contributed by atoms with Crippen molar-refractivity contribution in [2.75, 3.05) is 25.1 Å². The molecule has 1 aliphatic rings. The fraction of sp³-hybridized carbons (Fsp3) is 0.412. The van der Waals surface area contributed by atoms with Gasteiger partial charge in [0.1, 0.15) is 25.2 Å². The molecule has 3 heterocycles. The van der Waals surface area contributed by atoms with Gasteiger partial charge in [-0.05, 0) is 18.9 Å². The normalized spacial score (nSPS) is 16.6. The number of ketones is 1. The summed E-state index contributed by atoms with van der Waals surface area (Å²) in [6.07, 6.45) is 3.04. The van der Waals surface area contributed by atoms with Crippen LogP contribution in [0, 0.1) is 11.3 Å². The summed E-state index contributed by atoms with van der Waals surface area (Å²) in [4.78, 5) is 32.8. The highest BCUT2D eigenvalue weighted by molar-refractivity contribution is 6.14. The lowest BCUT2D eigenvalue weighted by Gasteiger charge is -2.40. The zero-order chi connectivity index (χ0) is 18.2. The lowest BCUT2D eigenvalue weighted by molar-refractivity contribution is 0.0426. The van der Waals surface area contributed by atoms with Crippen molar-refractivity contribution in [1.29, 1.82) is 5.26 Å². The minimum absolute atomic E-state index is 0.0641. The molecule has 8 heteroatoms. The number of methoxy groups -OCH3 is 1. The molecule has 0 spiro atoms. The number of hydrogen-bond acceptors (Lipinski definition) is 6. The number of aromatic amines is 1. The molecule has 0 unspecified atom stereocenters. The second kappa shape index (κ2) is 6.33. The maximum atomic E-state index is 12.3. The number of fused-ring (bicyclic) bond motifs is 1. The quantitative estimate of drug-likeness (QED) is 0.649. The number of ether oxygens (including phenoxy) is 1. The summed E-state index contributed by atoms with van der Waals surface area (Å²) in [5.41, 5.74) is 0.820. The number of rotatable bonds is 3. The smallest absolute Gasteiger partial charge is 0.268 e. The Kier molecular flexibility index (Phi) is 4.35. The molecule has 0 aromatic carbocycles. The van der Waals surface area contributed by atoms with E-state index in [1.54, 1.807) is 13.2 Å². The molecule has 7 nitrogen and oxygen atoms in total. The minimum Gasteiger partial charge on any atom is -0.387 e. The zero-order valence-electron chi connectivity index (χ0n) is 14.5. The summed E-state index contributed by atoms with van der Waals surface area (Å²) < 4.78 is 5.57. The number of nitriles is 1. The Bertz CT molecular complexity index is 939. The molecular weight excluding hydrogens is 319 g/mol.